The molecule has 0 aliphatic rings. The highest BCUT2D eigenvalue weighted by Crippen LogP contribution is 2.30. The van der Waals surface area contributed by atoms with Gasteiger partial charge in [0.2, 0.25) is 0 Å². The molecule has 0 aliphatic carbocycles. The van der Waals surface area contributed by atoms with E-state index in [1.807, 2.05) is 24.4 Å². The normalized spacial score (nSPS) is 12.6. The molecule has 3 aromatic rings. The lowest BCUT2D eigenvalue weighted by molar-refractivity contribution is 0.880. The van der Waals surface area contributed by atoms with E-state index in [0.717, 1.165) is 16.8 Å². The first-order valence-electron chi connectivity index (χ1n) is 6.18. The van der Waals surface area contributed by atoms with E-state index in [1.165, 1.54) is 4.70 Å². The number of hydrogen-bond acceptors (Lipinski definition) is 3. The largest absolute Gasteiger partial charge is 0.377 e. The summed E-state index contributed by atoms with van der Waals surface area (Å²) in [4.78, 5) is 4.46. The predicted octanol–water partition coefficient (Wildman–Crippen LogP) is 5.78. The van der Waals surface area contributed by atoms with Gasteiger partial charge in [-0.05, 0) is 48.2 Å². The molecule has 1 unspecified atom stereocenters. The van der Waals surface area contributed by atoms with E-state index >= 15 is 0 Å². The van der Waals surface area contributed by atoms with Crippen LogP contribution < -0.4 is 5.32 Å². The summed E-state index contributed by atoms with van der Waals surface area (Å²) in [5, 5.41) is 6.69. The number of hydrogen-bond donors (Lipinski definition) is 1. The highest BCUT2D eigenvalue weighted by Gasteiger charge is 2.09. The second kappa shape index (κ2) is 5.60. The molecule has 0 spiro atoms. The lowest BCUT2D eigenvalue weighted by Crippen LogP contribution is -2.07. The van der Waals surface area contributed by atoms with Crippen LogP contribution in [0.15, 0.2) is 41.9 Å². The van der Waals surface area contributed by atoms with E-state index in [-0.39, 0.29) is 6.04 Å². The standard InChI is InChI=1S/C15H12Cl2N2S/c1-9(19-13-3-2-11(16)7-12(13)17)10-6-15-14(18-8-10)4-5-20-15/h2-9,19H,1H3. The molecule has 0 fully saturated rings. The number of thiophene rings is 1. The van der Waals surface area contributed by atoms with E-state index < -0.39 is 0 Å². The second-order valence-corrected chi connectivity index (χ2v) is 6.35. The Morgan fingerprint density at radius 2 is 2.05 bits per heavy atom. The number of nitrogens with one attached hydrogen (secondary N) is 1. The van der Waals surface area contributed by atoms with Gasteiger partial charge in [0.05, 0.1) is 27.0 Å². The van der Waals surface area contributed by atoms with Gasteiger partial charge in [-0.2, -0.15) is 0 Å². The van der Waals surface area contributed by atoms with Crippen LogP contribution in [0.4, 0.5) is 5.69 Å². The van der Waals surface area contributed by atoms with Crippen molar-refractivity contribution in [2.45, 2.75) is 13.0 Å². The third kappa shape index (κ3) is 2.75. The van der Waals surface area contributed by atoms with Crippen molar-refractivity contribution in [1.29, 1.82) is 0 Å². The Morgan fingerprint density at radius 3 is 2.85 bits per heavy atom. The summed E-state index contributed by atoms with van der Waals surface area (Å²) in [6.07, 6.45) is 1.90. The molecule has 0 bridgehead atoms. The fourth-order valence-corrected chi connectivity index (χ4v) is 3.27. The maximum absolute atomic E-state index is 6.18. The van der Waals surface area contributed by atoms with Crippen molar-refractivity contribution in [1.82, 2.24) is 4.98 Å². The minimum Gasteiger partial charge on any atom is -0.377 e. The van der Waals surface area contributed by atoms with Crippen molar-refractivity contribution < 1.29 is 0 Å². The van der Waals surface area contributed by atoms with Gasteiger partial charge in [0.1, 0.15) is 0 Å². The van der Waals surface area contributed by atoms with Crippen molar-refractivity contribution in [3.05, 3.63) is 57.5 Å². The van der Waals surface area contributed by atoms with Crippen LogP contribution in [-0.2, 0) is 0 Å². The Hall–Kier alpha value is -1.29. The molecule has 0 aliphatic heterocycles. The first-order valence-corrected chi connectivity index (χ1v) is 7.82. The van der Waals surface area contributed by atoms with Crippen LogP contribution >= 0.6 is 34.5 Å². The Labute approximate surface area is 131 Å². The predicted molar refractivity (Wildman–Crippen MR) is 88.1 cm³/mol. The molecule has 1 N–H and O–H groups in total. The van der Waals surface area contributed by atoms with Gasteiger partial charge in [-0.15, -0.1) is 11.3 Å². The number of rotatable bonds is 3. The zero-order chi connectivity index (χ0) is 14.1. The topological polar surface area (TPSA) is 24.9 Å². The zero-order valence-corrected chi connectivity index (χ0v) is 13.1. The minimum absolute atomic E-state index is 0.118. The van der Waals surface area contributed by atoms with Crippen LogP contribution in [0.25, 0.3) is 10.2 Å². The van der Waals surface area contributed by atoms with E-state index in [4.69, 9.17) is 23.2 Å². The third-order valence-electron chi connectivity index (χ3n) is 3.13. The second-order valence-electron chi connectivity index (χ2n) is 4.56. The Balaban J connectivity index is 1.86. The van der Waals surface area contributed by atoms with Gasteiger partial charge in [-0.3, -0.25) is 4.98 Å². The van der Waals surface area contributed by atoms with Crippen LogP contribution in [0.1, 0.15) is 18.5 Å². The van der Waals surface area contributed by atoms with Gasteiger partial charge < -0.3 is 5.32 Å². The molecule has 2 heterocycles. The Bertz CT molecular complexity index is 754. The van der Waals surface area contributed by atoms with Crippen LogP contribution in [-0.4, -0.2) is 4.98 Å². The van der Waals surface area contributed by atoms with Crippen LogP contribution in [0.3, 0.4) is 0 Å². The van der Waals surface area contributed by atoms with Crippen molar-refractivity contribution in [2.75, 3.05) is 5.32 Å². The molecule has 1 aromatic carbocycles. The van der Waals surface area contributed by atoms with Crippen LogP contribution in [0.2, 0.25) is 10.0 Å². The quantitative estimate of drug-likeness (QED) is 0.661. The maximum Gasteiger partial charge on any atom is 0.0809 e. The number of benzene rings is 1. The molecule has 5 heteroatoms. The summed E-state index contributed by atoms with van der Waals surface area (Å²) < 4.78 is 1.19. The van der Waals surface area contributed by atoms with Crippen LogP contribution in [0.5, 0.6) is 0 Å². The maximum atomic E-state index is 6.18. The molecule has 102 valence electrons. The molecular formula is C15H12Cl2N2S. The molecule has 3 rings (SSSR count). The van der Waals surface area contributed by atoms with E-state index in [0.29, 0.717) is 10.0 Å². The van der Waals surface area contributed by atoms with Gasteiger partial charge in [0, 0.05) is 11.2 Å². The molecule has 0 amide bonds. The average Bonchev–Trinajstić information content (AvgIpc) is 2.89. The van der Waals surface area contributed by atoms with E-state index in [9.17, 15) is 0 Å². The number of anilines is 1. The number of fused-ring (bicyclic) bond motifs is 1. The SMILES string of the molecule is CC(Nc1ccc(Cl)cc1Cl)c1cnc2ccsc2c1. The van der Waals surface area contributed by atoms with Crippen molar-refractivity contribution in [3.8, 4) is 0 Å². The smallest absolute Gasteiger partial charge is 0.0809 e. The summed E-state index contributed by atoms with van der Waals surface area (Å²) in [7, 11) is 0. The summed E-state index contributed by atoms with van der Waals surface area (Å²) in [6.45, 7) is 2.08. The minimum atomic E-state index is 0.118. The average molecular weight is 323 g/mol. The lowest BCUT2D eigenvalue weighted by atomic mass is 10.1. The Morgan fingerprint density at radius 1 is 1.20 bits per heavy atom. The third-order valence-corrected chi connectivity index (χ3v) is 4.53. The van der Waals surface area contributed by atoms with Crippen molar-refractivity contribution in [2.24, 2.45) is 0 Å². The Kier molecular flexibility index (Phi) is 3.83. The molecule has 2 aromatic heterocycles. The molecular weight excluding hydrogens is 311 g/mol. The van der Waals surface area contributed by atoms with Gasteiger partial charge in [-0.25, -0.2) is 0 Å². The number of aromatic nitrogens is 1. The summed E-state index contributed by atoms with van der Waals surface area (Å²) in [5.74, 6) is 0. The molecule has 1 atom stereocenters. The fraction of sp³-hybridized carbons (Fsp3) is 0.133. The summed E-state index contributed by atoms with van der Waals surface area (Å²) >= 11 is 13.8. The van der Waals surface area contributed by atoms with Crippen molar-refractivity contribution in [3.63, 3.8) is 0 Å². The van der Waals surface area contributed by atoms with Gasteiger partial charge in [-0.1, -0.05) is 23.2 Å². The zero-order valence-electron chi connectivity index (χ0n) is 10.7. The molecule has 0 saturated carbocycles. The van der Waals surface area contributed by atoms with E-state index in [1.54, 1.807) is 17.4 Å². The van der Waals surface area contributed by atoms with Gasteiger partial charge in [0.15, 0.2) is 0 Å². The first kappa shape index (κ1) is 13.7. The monoisotopic (exact) mass is 322 g/mol. The van der Waals surface area contributed by atoms with Gasteiger partial charge >= 0.3 is 0 Å². The van der Waals surface area contributed by atoms with Crippen LogP contribution in [0, 0.1) is 0 Å². The molecule has 0 saturated heterocycles. The number of halogens is 2. The summed E-state index contributed by atoms with van der Waals surface area (Å²) in [5.41, 5.74) is 3.04. The molecule has 0 radical (unpaired) electrons. The summed E-state index contributed by atoms with van der Waals surface area (Å²) in [6, 6.07) is 9.75. The molecule has 20 heavy (non-hydrogen) atoms. The lowest BCUT2D eigenvalue weighted by Gasteiger charge is -2.16. The fourth-order valence-electron chi connectivity index (χ4n) is 2.02. The van der Waals surface area contributed by atoms with Crippen molar-refractivity contribution >= 4 is 50.4 Å². The highest BCUT2D eigenvalue weighted by molar-refractivity contribution is 7.17. The highest BCUT2D eigenvalue weighted by atomic mass is 35.5. The first-order chi connectivity index (χ1) is 9.63. The van der Waals surface area contributed by atoms with E-state index in [2.05, 4.69) is 28.7 Å². The molecule has 2 nitrogen and oxygen atoms in total. The number of nitrogens with zero attached hydrogens (tertiary/aromatic N) is 1. The van der Waals surface area contributed by atoms with Gasteiger partial charge in [0.25, 0.3) is 0 Å². The number of pyridine rings is 1.